The Kier molecular flexibility index (Phi) is 5.05. The molecule has 0 N–H and O–H groups in total. The number of ether oxygens (including phenoxy) is 1. The molecule has 0 unspecified atom stereocenters. The Morgan fingerprint density at radius 3 is 2.73 bits per heavy atom. The van der Waals surface area contributed by atoms with Gasteiger partial charge in [0.05, 0.1) is 31.2 Å². The molecule has 0 atom stereocenters. The van der Waals surface area contributed by atoms with E-state index in [4.69, 9.17) is 21.3 Å². The first kappa shape index (κ1) is 19.6. The molecule has 7 heteroatoms. The lowest BCUT2D eigenvalue weighted by atomic mass is 9.87. The van der Waals surface area contributed by atoms with Crippen molar-refractivity contribution in [2.24, 2.45) is 5.92 Å². The molecule has 1 fully saturated rings. The average molecular weight is 427 g/mol. The predicted octanol–water partition coefficient (Wildman–Crippen LogP) is 3.69. The zero-order valence-corrected chi connectivity index (χ0v) is 18.3. The molecule has 0 bridgehead atoms. The molecule has 30 heavy (non-hydrogen) atoms. The van der Waals surface area contributed by atoms with Crippen LogP contribution in [0.4, 0.5) is 5.69 Å². The van der Waals surface area contributed by atoms with Gasteiger partial charge in [-0.25, -0.2) is 4.98 Å². The fourth-order valence-corrected chi connectivity index (χ4v) is 5.31. The van der Waals surface area contributed by atoms with E-state index in [1.165, 1.54) is 29.5 Å². The second-order valence-electron chi connectivity index (χ2n) is 8.69. The molecule has 1 amide bonds. The van der Waals surface area contributed by atoms with Gasteiger partial charge in [0.1, 0.15) is 5.15 Å². The van der Waals surface area contributed by atoms with Gasteiger partial charge in [0, 0.05) is 43.7 Å². The van der Waals surface area contributed by atoms with Gasteiger partial charge in [-0.3, -0.25) is 9.78 Å². The van der Waals surface area contributed by atoms with Crippen LogP contribution in [0.1, 0.15) is 47.3 Å². The van der Waals surface area contributed by atoms with Gasteiger partial charge >= 0.3 is 0 Å². The zero-order valence-electron chi connectivity index (χ0n) is 17.6. The molecule has 1 aliphatic carbocycles. The number of anilines is 1. The number of aromatic nitrogens is 2. The summed E-state index contributed by atoms with van der Waals surface area (Å²) in [6.45, 7) is 5.17. The lowest BCUT2D eigenvalue weighted by Gasteiger charge is -2.41. The van der Waals surface area contributed by atoms with E-state index in [0.29, 0.717) is 29.8 Å². The van der Waals surface area contributed by atoms with Crippen molar-refractivity contribution >= 4 is 23.2 Å². The largest absolute Gasteiger partial charge is 0.493 e. The summed E-state index contributed by atoms with van der Waals surface area (Å²) in [4.78, 5) is 26.1. The number of pyridine rings is 2. The highest BCUT2D eigenvalue weighted by molar-refractivity contribution is 6.29. The van der Waals surface area contributed by atoms with Crippen molar-refractivity contribution in [1.82, 2.24) is 14.9 Å². The molecular weight excluding hydrogens is 400 g/mol. The van der Waals surface area contributed by atoms with Gasteiger partial charge < -0.3 is 14.5 Å². The van der Waals surface area contributed by atoms with Crippen LogP contribution in [-0.4, -0.2) is 41.0 Å². The molecule has 0 saturated carbocycles. The second kappa shape index (κ2) is 7.73. The first-order chi connectivity index (χ1) is 14.5. The zero-order chi connectivity index (χ0) is 20.8. The Morgan fingerprint density at radius 2 is 1.97 bits per heavy atom. The summed E-state index contributed by atoms with van der Waals surface area (Å²) in [5.41, 5.74) is 7.48. The fourth-order valence-electron chi connectivity index (χ4n) is 5.15. The molecule has 3 aliphatic rings. The van der Waals surface area contributed by atoms with Crippen LogP contribution in [0, 0.1) is 12.8 Å². The number of hydrogen-bond acceptors (Lipinski definition) is 5. The van der Waals surface area contributed by atoms with Gasteiger partial charge in [-0.1, -0.05) is 11.6 Å². The van der Waals surface area contributed by atoms with E-state index in [1.54, 1.807) is 13.3 Å². The maximum atomic E-state index is 13.0. The minimum atomic E-state index is 0.236. The topological polar surface area (TPSA) is 58.6 Å². The maximum absolute atomic E-state index is 13.0. The van der Waals surface area contributed by atoms with Gasteiger partial charge in [0.2, 0.25) is 5.91 Å². The first-order valence-electron chi connectivity index (χ1n) is 10.8. The number of hydrogen-bond donors (Lipinski definition) is 0. The summed E-state index contributed by atoms with van der Waals surface area (Å²) in [6.07, 6.45) is 6.99. The van der Waals surface area contributed by atoms with Crippen molar-refractivity contribution in [3.63, 3.8) is 0 Å². The van der Waals surface area contributed by atoms with Crippen molar-refractivity contribution in [3.8, 4) is 5.75 Å². The smallest absolute Gasteiger partial charge is 0.223 e. The van der Waals surface area contributed by atoms with Crippen LogP contribution in [-0.2, 0) is 30.7 Å². The van der Waals surface area contributed by atoms with Crippen molar-refractivity contribution in [2.45, 2.75) is 52.1 Å². The Labute approximate surface area is 182 Å². The summed E-state index contributed by atoms with van der Waals surface area (Å²) in [5.74, 6) is 1.30. The van der Waals surface area contributed by atoms with Crippen molar-refractivity contribution in [3.05, 3.63) is 45.5 Å². The fraction of sp³-hybridized carbons (Fsp3) is 0.522. The maximum Gasteiger partial charge on any atom is 0.223 e. The van der Waals surface area contributed by atoms with E-state index in [1.807, 2.05) is 11.0 Å². The summed E-state index contributed by atoms with van der Waals surface area (Å²) in [7, 11) is 1.63. The molecule has 2 aromatic heterocycles. The molecule has 2 aromatic rings. The van der Waals surface area contributed by atoms with E-state index in [2.05, 4.69) is 16.8 Å². The van der Waals surface area contributed by atoms with E-state index >= 15 is 0 Å². The summed E-state index contributed by atoms with van der Waals surface area (Å²) in [6, 6.07) is 1.83. The highest BCUT2D eigenvalue weighted by Gasteiger charge is 2.35. The highest BCUT2D eigenvalue weighted by atomic mass is 35.5. The number of aryl methyl sites for hydroxylation is 1. The highest BCUT2D eigenvalue weighted by Crippen LogP contribution is 2.37. The van der Waals surface area contributed by atoms with Gasteiger partial charge in [0.25, 0.3) is 0 Å². The Bertz CT molecular complexity index is 1000. The second-order valence-corrected chi connectivity index (χ2v) is 9.08. The molecular formula is C23H27ClN4O2. The van der Waals surface area contributed by atoms with Crippen LogP contribution in [0.5, 0.6) is 5.75 Å². The minimum Gasteiger partial charge on any atom is -0.493 e. The normalized spacial score (nSPS) is 18.1. The monoisotopic (exact) mass is 426 g/mol. The first-order valence-corrected chi connectivity index (χ1v) is 11.1. The molecule has 5 rings (SSSR count). The van der Waals surface area contributed by atoms with Gasteiger partial charge in [-0.15, -0.1) is 0 Å². The van der Waals surface area contributed by atoms with Crippen LogP contribution in [0.15, 0.2) is 12.3 Å². The van der Waals surface area contributed by atoms with E-state index in [-0.39, 0.29) is 5.91 Å². The van der Waals surface area contributed by atoms with E-state index in [9.17, 15) is 4.79 Å². The van der Waals surface area contributed by atoms with Crippen LogP contribution in [0.2, 0.25) is 5.15 Å². The molecule has 0 aromatic carbocycles. The van der Waals surface area contributed by atoms with Crippen molar-refractivity contribution in [1.29, 1.82) is 0 Å². The summed E-state index contributed by atoms with van der Waals surface area (Å²) >= 11 is 6.05. The lowest BCUT2D eigenvalue weighted by Crippen LogP contribution is -2.48. The quantitative estimate of drug-likeness (QED) is 0.698. The van der Waals surface area contributed by atoms with Gasteiger partial charge in [0.15, 0.2) is 5.75 Å². The third kappa shape index (κ3) is 3.41. The van der Waals surface area contributed by atoms with Crippen LogP contribution in [0.3, 0.4) is 0 Å². The molecule has 158 valence electrons. The third-order valence-electron chi connectivity index (χ3n) is 6.76. The minimum absolute atomic E-state index is 0.236. The number of methoxy groups -OCH3 is 1. The van der Waals surface area contributed by atoms with Gasteiger partial charge in [-0.2, -0.15) is 0 Å². The number of rotatable bonds is 4. The Morgan fingerprint density at radius 1 is 1.20 bits per heavy atom. The third-order valence-corrected chi connectivity index (χ3v) is 6.96. The molecule has 6 nitrogen and oxygen atoms in total. The van der Waals surface area contributed by atoms with Crippen LogP contribution < -0.4 is 9.64 Å². The number of halogens is 1. The van der Waals surface area contributed by atoms with Crippen molar-refractivity contribution < 1.29 is 9.53 Å². The van der Waals surface area contributed by atoms with E-state index < -0.39 is 0 Å². The molecule has 0 radical (unpaired) electrons. The number of amides is 1. The molecule has 4 heterocycles. The Balaban J connectivity index is 1.22. The Hall–Kier alpha value is -2.34. The SMILES string of the molecule is COc1cnc(Cl)cc1N1CC(CC(=O)N2Cc3nc(C)c4c(c3C2)CCCC4)C1. The van der Waals surface area contributed by atoms with E-state index in [0.717, 1.165) is 49.6 Å². The summed E-state index contributed by atoms with van der Waals surface area (Å²) in [5, 5.41) is 0.450. The lowest BCUT2D eigenvalue weighted by molar-refractivity contribution is -0.133. The number of nitrogens with zero attached hydrogens (tertiary/aromatic N) is 4. The molecule has 1 saturated heterocycles. The van der Waals surface area contributed by atoms with Crippen LogP contribution in [0.25, 0.3) is 0 Å². The van der Waals surface area contributed by atoms with Gasteiger partial charge in [-0.05, 0) is 49.3 Å². The number of carbonyl (C=O) groups is 1. The average Bonchev–Trinajstić information content (AvgIpc) is 3.15. The number of fused-ring (bicyclic) bond motifs is 3. The summed E-state index contributed by atoms with van der Waals surface area (Å²) < 4.78 is 5.40. The molecule has 2 aliphatic heterocycles. The predicted molar refractivity (Wildman–Crippen MR) is 116 cm³/mol. The standard InChI is InChI=1S/C23H27ClN4O2/c1-14-16-5-3-4-6-17(16)18-12-28(13-19(18)26-14)23(29)7-15-10-27(11-15)20-8-22(24)25-9-21(20)30-2/h8-9,15H,3-7,10-13H2,1-2H3. The van der Waals surface area contributed by atoms with Crippen LogP contribution >= 0.6 is 11.6 Å². The number of carbonyl (C=O) groups excluding carboxylic acids is 1. The van der Waals surface area contributed by atoms with Crippen molar-refractivity contribution in [2.75, 3.05) is 25.1 Å². The molecule has 0 spiro atoms.